The number of benzene rings is 1. The first-order valence-corrected chi connectivity index (χ1v) is 6.68. The average Bonchev–Trinajstić information content (AvgIpc) is 2.68. The monoisotopic (exact) mass is 295 g/mol. The van der Waals surface area contributed by atoms with Crippen LogP contribution in [0.25, 0.3) is 0 Å². The molecule has 3 nitrogen and oxygen atoms in total. The van der Waals surface area contributed by atoms with Crippen LogP contribution < -0.4 is 0 Å². The van der Waals surface area contributed by atoms with Crippen LogP contribution in [0.1, 0.15) is 25.3 Å². The van der Waals surface area contributed by atoms with E-state index in [1.165, 1.54) is 0 Å². The molecule has 2 aliphatic rings. The third-order valence-corrected chi connectivity index (χ3v) is 4.12. The minimum atomic E-state index is -0.550. The van der Waals surface area contributed by atoms with Crippen LogP contribution in [-0.4, -0.2) is 17.1 Å². The van der Waals surface area contributed by atoms with Gasteiger partial charge in [0.1, 0.15) is 0 Å². The topological polar surface area (TPSA) is 38.7 Å². The number of hydrogen-bond donors (Lipinski definition) is 0. The molecule has 1 aromatic rings. The number of halogens is 2. The number of hydrogen-bond acceptors (Lipinski definition) is 3. The van der Waals surface area contributed by atoms with E-state index in [4.69, 9.17) is 28.0 Å². The summed E-state index contributed by atoms with van der Waals surface area (Å²) >= 11 is 12.3. The molecule has 0 saturated heterocycles. The smallest absolute Gasteiger partial charge is 0.162 e. The Bertz CT molecular complexity index is 616. The van der Waals surface area contributed by atoms with Crippen molar-refractivity contribution in [2.24, 2.45) is 5.16 Å². The number of carbonyl (C=O) groups is 1. The van der Waals surface area contributed by atoms with Crippen LogP contribution in [0.4, 0.5) is 0 Å². The van der Waals surface area contributed by atoms with Crippen molar-refractivity contribution >= 4 is 34.7 Å². The number of allylic oxidation sites excluding steroid dienone is 1. The summed E-state index contributed by atoms with van der Waals surface area (Å²) in [4.78, 5) is 16.6. The second-order valence-electron chi connectivity index (χ2n) is 4.95. The molecule has 1 aromatic carbocycles. The first-order chi connectivity index (χ1) is 8.99. The zero-order valence-electron chi connectivity index (χ0n) is 10.2. The molecule has 0 radical (unpaired) electrons. The van der Waals surface area contributed by atoms with E-state index in [0.29, 0.717) is 28.5 Å². The van der Waals surface area contributed by atoms with Gasteiger partial charge in [0.2, 0.25) is 0 Å². The highest BCUT2D eigenvalue weighted by molar-refractivity contribution is 6.40. The van der Waals surface area contributed by atoms with Crippen molar-refractivity contribution in [3.05, 3.63) is 45.5 Å². The van der Waals surface area contributed by atoms with E-state index in [1.807, 2.05) is 6.92 Å². The van der Waals surface area contributed by atoms with Crippen LogP contribution in [0.3, 0.4) is 0 Å². The van der Waals surface area contributed by atoms with E-state index in [2.05, 4.69) is 5.16 Å². The standard InChI is InChI=1S/C14H11Cl2NO2/c1-14(8-5-9(18)6-8)7-12(17-19-14)13-10(15)3-2-4-11(13)16/h2-5H,6-7H2,1H3/t14-/m0/s1. The summed E-state index contributed by atoms with van der Waals surface area (Å²) < 4.78 is 0. The van der Waals surface area contributed by atoms with Gasteiger partial charge in [-0.25, -0.2) is 0 Å². The van der Waals surface area contributed by atoms with Gasteiger partial charge in [-0.15, -0.1) is 0 Å². The van der Waals surface area contributed by atoms with Crippen LogP contribution in [0.15, 0.2) is 35.0 Å². The van der Waals surface area contributed by atoms with Crippen molar-refractivity contribution in [2.45, 2.75) is 25.4 Å². The van der Waals surface area contributed by atoms with Gasteiger partial charge in [-0.05, 0) is 30.7 Å². The van der Waals surface area contributed by atoms with Gasteiger partial charge in [0.15, 0.2) is 11.4 Å². The molecule has 1 heterocycles. The van der Waals surface area contributed by atoms with Crippen LogP contribution in [0.2, 0.25) is 10.0 Å². The lowest BCUT2D eigenvalue weighted by atomic mass is 9.80. The fourth-order valence-corrected chi connectivity index (χ4v) is 2.93. The maximum Gasteiger partial charge on any atom is 0.162 e. The maximum atomic E-state index is 11.1. The molecular weight excluding hydrogens is 285 g/mol. The van der Waals surface area contributed by atoms with E-state index >= 15 is 0 Å². The van der Waals surface area contributed by atoms with Gasteiger partial charge in [-0.1, -0.05) is 34.4 Å². The van der Waals surface area contributed by atoms with E-state index in [1.54, 1.807) is 24.3 Å². The van der Waals surface area contributed by atoms with Gasteiger partial charge in [0, 0.05) is 18.4 Å². The largest absolute Gasteiger partial charge is 0.384 e. The molecule has 3 rings (SSSR count). The Morgan fingerprint density at radius 1 is 1.32 bits per heavy atom. The molecule has 5 heteroatoms. The van der Waals surface area contributed by atoms with Crippen molar-refractivity contribution in [1.29, 1.82) is 0 Å². The summed E-state index contributed by atoms with van der Waals surface area (Å²) in [7, 11) is 0. The van der Waals surface area contributed by atoms with E-state index in [-0.39, 0.29) is 5.78 Å². The third-order valence-electron chi connectivity index (χ3n) is 3.49. The molecule has 0 bridgehead atoms. The normalized spacial score (nSPS) is 25.5. The van der Waals surface area contributed by atoms with Crippen molar-refractivity contribution in [3.8, 4) is 0 Å². The van der Waals surface area contributed by atoms with Crippen molar-refractivity contribution in [2.75, 3.05) is 0 Å². The lowest BCUT2D eigenvalue weighted by Gasteiger charge is -2.28. The van der Waals surface area contributed by atoms with Gasteiger partial charge >= 0.3 is 0 Å². The molecule has 0 saturated carbocycles. The predicted octanol–water partition coefficient (Wildman–Crippen LogP) is 3.78. The van der Waals surface area contributed by atoms with E-state index < -0.39 is 5.60 Å². The zero-order valence-corrected chi connectivity index (χ0v) is 11.8. The zero-order chi connectivity index (χ0) is 13.6. The summed E-state index contributed by atoms with van der Waals surface area (Å²) in [6.07, 6.45) is 2.62. The predicted molar refractivity (Wildman–Crippen MR) is 74.8 cm³/mol. The Kier molecular flexibility index (Phi) is 2.91. The number of carbonyl (C=O) groups excluding carboxylic acids is 1. The van der Waals surface area contributed by atoms with Crippen molar-refractivity contribution in [1.82, 2.24) is 0 Å². The van der Waals surface area contributed by atoms with Crippen LogP contribution in [0, 0.1) is 0 Å². The minimum absolute atomic E-state index is 0.129. The fourth-order valence-electron chi connectivity index (χ4n) is 2.31. The molecular formula is C14H11Cl2NO2. The van der Waals surface area contributed by atoms with Crippen LogP contribution in [0.5, 0.6) is 0 Å². The fraction of sp³-hybridized carbons (Fsp3) is 0.286. The van der Waals surface area contributed by atoms with Gasteiger partial charge in [-0.2, -0.15) is 0 Å². The van der Waals surface area contributed by atoms with Gasteiger partial charge in [0.05, 0.1) is 15.8 Å². The summed E-state index contributed by atoms with van der Waals surface area (Å²) in [5, 5.41) is 5.21. The molecule has 0 aromatic heterocycles. The first-order valence-electron chi connectivity index (χ1n) is 5.93. The second kappa shape index (κ2) is 4.36. The highest BCUT2D eigenvalue weighted by atomic mass is 35.5. The molecule has 98 valence electrons. The molecule has 1 aliphatic heterocycles. The molecule has 19 heavy (non-hydrogen) atoms. The first kappa shape index (κ1) is 12.7. The molecule has 1 aliphatic carbocycles. The van der Waals surface area contributed by atoms with Crippen molar-refractivity contribution in [3.63, 3.8) is 0 Å². The van der Waals surface area contributed by atoms with Gasteiger partial charge in [-0.3, -0.25) is 4.79 Å². The van der Waals surface area contributed by atoms with Crippen LogP contribution >= 0.6 is 23.2 Å². The van der Waals surface area contributed by atoms with E-state index in [9.17, 15) is 4.79 Å². The molecule has 0 N–H and O–H groups in total. The quantitative estimate of drug-likeness (QED) is 0.833. The maximum absolute atomic E-state index is 11.1. The number of oxime groups is 1. The van der Waals surface area contributed by atoms with Crippen molar-refractivity contribution < 1.29 is 9.63 Å². The Balaban J connectivity index is 1.90. The summed E-state index contributed by atoms with van der Waals surface area (Å²) in [5.74, 6) is 0.129. The second-order valence-corrected chi connectivity index (χ2v) is 5.76. The van der Waals surface area contributed by atoms with E-state index in [0.717, 1.165) is 11.3 Å². The van der Waals surface area contributed by atoms with Gasteiger partial charge in [0.25, 0.3) is 0 Å². The minimum Gasteiger partial charge on any atom is -0.384 e. The van der Waals surface area contributed by atoms with Crippen LogP contribution in [-0.2, 0) is 9.63 Å². The summed E-state index contributed by atoms with van der Waals surface area (Å²) in [5.41, 5.74) is 1.85. The Morgan fingerprint density at radius 2 is 1.95 bits per heavy atom. The molecule has 0 spiro atoms. The number of nitrogens with zero attached hydrogens (tertiary/aromatic N) is 1. The lowest BCUT2D eigenvalue weighted by molar-refractivity contribution is -0.116. The molecule has 0 fully saturated rings. The molecule has 0 amide bonds. The Hall–Kier alpha value is -1.32. The SMILES string of the molecule is C[C@@]1(C2=CC(=O)C2)CC(c2c(Cl)cccc2Cl)=NO1. The highest BCUT2D eigenvalue weighted by Crippen LogP contribution is 2.40. The molecule has 0 unspecified atom stereocenters. The Labute approximate surface area is 120 Å². The third kappa shape index (κ3) is 2.07. The summed E-state index contributed by atoms with van der Waals surface area (Å²) in [6, 6.07) is 5.33. The summed E-state index contributed by atoms with van der Waals surface area (Å²) in [6.45, 7) is 1.92. The lowest BCUT2D eigenvalue weighted by Crippen LogP contribution is -2.33. The number of rotatable bonds is 2. The van der Waals surface area contributed by atoms with Gasteiger partial charge < -0.3 is 4.84 Å². The molecule has 1 atom stereocenters. The average molecular weight is 296 g/mol. The highest BCUT2D eigenvalue weighted by Gasteiger charge is 2.42. The Morgan fingerprint density at radius 3 is 2.53 bits per heavy atom. The number of ketones is 1.